The van der Waals surface area contributed by atoms with Crippen molar-refractivity contribution in [1.82, 2.24) is 9.97 Å². The van der Waals surface area contributed by atoms with Crippen molar-refractivity contribution in [3.05, 3.63) is 17.0 Å². The van der Waals surface area contributed by atoms with E-state index in [0.717, 1.165) is 11.6 Å². The molecule has 0 spiro atoms. The van der Waals surface area contributed by atoms with Crippen LogP contribution < -0.4 is 5.32 Å². The van der Waals surface area contributed by atoms with Crippen LogP contribution in [0.3, 0.4) is 0 Å². The van der Waals surface area contributed by atoms with E-state index in [-0.39, 0.29) is 5.41 Å². The van der Waals surface area contributed by atoms with Gasteiger partial charge in [0.2, 0.25) is 0 Å². The van der Waals surface area contributed by atoms with Crippen LogP contribution in [0.1, 0.15) is 26.6 Å². The van der Waals surface area contributed by atoms with Gasteiger partial charge in [0.1, 0.15) is 16.8 Å². The van der Waals surface area contributed by atoms with E-state index in [2.05, 4.69) is 36.1 Å². The molecule has 0 atom stereocenters. The van der Waals surface area contributed by atoms with Gasteiger partial charge in [0.25, 0.3) is 0 Å². The van der Waals surface area contributed by atoms with Crippen LogP contribution in [-0.2, 0) is 14.9 Å². The molecule has 0 saturated carbocycles. The highest BCUT2D eigenvalue weighted by Crippen LogP contribution is 2.21. The molecule has 6 heteroatoms. The topological polar surface area (TPSA) is 56.3 Å². The van der Waals surface area contributed by atoms with E-state index in [0.29, 0.717) is 31.5 Å². The number of hydrogen-bond acceptors (Lipinski definition) is 5. The average molecular weight is 288 g/mol. The summed E-state index contributed by atoms with van der Waals surface area (Å²) in [6.45, 7) is 8.61. The van der Waals surface area contributed by atoms with E-state index in [1.807, 2.05) is 0 Å². The highest BCUT2D eigenvalue weighted by molar-refractivity contribution is 6.29. The van der Waals surface area contributed by atoms with Crippen LogP contribution in [0, 0.1) is 0 Å². The van der Waals surface area contributed by atoms with Crippen LogP contribution in [0.2, 0.25) is 5.15 Å². The second-order valence-corrected chi connectivity index (χ2v) is 5.57. The lowest BCUT2D eigenvalue weighted by molar-refractivity contribution is 0.0759. The predicted molar refractivity (Wildman–Crippen MR) is 76.9 cm³/mol. The summed E-state index contributed by atoms with van der Waals surface area (Å²) in [5.41, 5.74) is -0.129. The fraction of sp³-hybridized carbons (Fsp3) is 0.692. The van der Waals surface area contributed by atoms with Crippen LogP contribution in [0.5, 0.6) is 0 Å². The van der Waals surface area contributed by atoms with Gasteiger partial charge in [0.05, 0.1) is 19.8 Å². The highest BCUT2D eigenvalue weighted by Gasteiger charge is 2.18. The molecule has 1 aromatic heterocycles. The zero-order valence-electron chi connectivity index (χ0n) is 12.0. The van der Waals surface area contributed by atoms with Crippen molar-refractivity contribution in [2.24, 2.45) is 0 Å². The van der Waals surface area contributed by atoms with Gasteiger partial charge in [0.15, 0.2) is 0 Å². The van der Waals surface area contributed by atoms with E-state index in [1.54, 1.807) is 13.2 Å². The number of hydrogen-bond donors (Lipinski definition) is 1. The third-order valence-electron chi connectivity index (χ3n) is 2.35. The van der Waals surface area contributed by atoms with Gasteiger partial charge in [-0.05, 0) is 0 Å². The minimum absolute atomic E-state index is 0.129. The van der Waals surface area contributed by atoms with Crippen LogP contribution in [0.15, 0.2) is 6.07 Å². The molecule has 0 aliphatic carbocycles. The van der Waals surface area contributed by atoms with Gasteiger partial charge in [-0.1, -0.05) is 32.4 Å². The largest absolute Gasteiger partial charge is 0.382 e. The quantitative estimate of drug-likeness (QED) is 0.617. The maximum Gasteiger partial charge on any atom is 0.137 e. The molecule has 19 heavy (non-hydrogen) atoms. The maximum absolute atomic E-state index is 6.00. The summed E-state index contributed by atoms with van der Waals surface area (Å²) in [4.78, 5) is 8.69. The molecule has 108 valence electrons. The number of anilines is 1. The first-order valence-corrected chi connectivity index (χ1v) is 6.67. The van der Waals surface area contributed by atoms with Crippen molar-refractivity contribution in [3.63, 3.8) is 0 Å². The molecule has 1 heterocycles. The number of rotatable bonds is 7. The Morgan fingerprint density at radius 2 is 1.95 bits per heavy atom. The van der Waals surface area contributed by atoms with Gasteiger partial charge in [-0.2, -0.15) is 0 Å². The molecule has 0 fully saturated rings. The monoisotopic (exact) mass is 287 g/mol. The molecule has 1 N–H and O–H groups in total. The SMILES string of the molecule is COCCOCCNc1cc(Cl)nc(C(C)(C)C)n1. The lowest BCUT2D eigenvalue weighted by Crippen LogP contribution is -2.18. The zero-order chi connectivity index (χ0) is 14.3. The first kappa shape index (κ1) is 16.1. The van der Waals surface area contributed by atoms with E-state index < -0.39 is 0 Å². The van der Waals surface area contributed by atoms with Crippen LogP contribution in [0.4, 0.5) is 5.82 Å². The number of nitrogens with zero attached hydrogens (tertiary/aromatic N) is 2. The van der Waals surface area contributed by atoms with E-state index in [4.69, 9.17) is 21.1 Å². The fourth-order valence-electron chi connectivity index (χ4n) is 1.34. The summed E-state index contributed by atoms with van der Waals surface area (Å²) in [5.74, 6) is 1.45. The smallest absolute Gasteiger partial charge is 0.137 e. The third kappa shape index (κ3) is 6.18. The summed E-state index contributed by atoms with van der Waals surface area (Å²) >= 11 is 6.00. The number of ether oxygens (including phenoxy) is 2. The van der Waals surface area contributed by atoms with Crippen molar-refractivity contribution in [3.8, 4) is 0 Å². The molecule has 5 nitrogen and oxygen atoms in total. The predicted octanol–water partition coefficient (Wildman–Crippen LogP) is 2.50. The molecule has 0 unspecified atom stereocenters. The van der Waals surface area contributed by atoms with E-state index in [9.17, 15) is 0 Å². The molecular weight excluding hydrogens is 266 g/mol. The molecular formula is C13H22ClN3O2. The van der Waals surface area contributed by atoms with Crippen molar-refractivity contribution < 1.29 is 9.47 Å². The first-order chi connectivity index (χ1) is 8.93. The third-order valence-corrected chi connectivity index (χ3v) is 2.54. The van der Waals surface area contributed by atoms with Gasteiger partial charge >= 0.3 is 0 Å². The standard InChI is InChI=1S/C13H22ClN3O2/c1-13(2,3)12-16-10(14)9-11(17-12)15-5-6-19-8-7-18-4/h9H,5-8H2,1-4H3,(H,15,16,17). The van der Waals surface area contributed by atoms with E-state index in [1.165, 1.54) is 0 Å². The summed E-state index contributed by atoms with van der Waals surface area (Å²) in [6.07, 6.45) is 0. The van der Waals surface area contributed by atoms with Gasteiger partial charge in [0, 0.05) is 25.1 Å². The first-order valence-electron chi connectivity index (χ1n) is 6.29. The van der Waals surface area contributed by atoms with Gasteiger partial charge in [-0.15, -0.1) is 0 Å². The Balaban J connectivity index is 2.48. The van der Waals surface area contributed by atoms with E-state index >= 15 is 0 Å². The normalized spacial score (nSPS) is 11.6. The second-order valence-electron chi connectivity index (χ2n) is 5.18. The Labute approximate surface area is 119 Å². The number of aromatic nitrogens is 2. The Morgan fingerprint density at radius 3 is 2.58 bits per heavy atom. The Hall–Kier alpha value is -0.910. The zero-order valence-corrected chi connectivity index (χ0v) is 12.8. The molecule has 0 bridgehead atoms. The molecule has 0 radical (unpaired) electrons. The molecule has 0 aliphatic heterocycles. The molecule has 0 aliphatic rings. The number of halogens is 1. The lowest BCUT2D eigenvalue weighted by atomic mass is 9.96. The molecule has 0 amide bonds. The van der Waals surface area contributed by atoms with Crippen molar-refractivity contribution >= 4 is 17.4 Å². The van der Waals surface area contributed by atoms with Gasteiger partial charge < -0.3 is 14.8 Å². The summed E-state index contributed by atoms with van der Waals surface area (Å²) < 4.78 is 10.3. The molecule has 0 aromatic carbocycles. The van der Waals surface area contributed by atoms with Gasteiger partial charge in [-0.3, -0.25) is 0 Å². The average Bonchev–Trinajstić information content (AvgIpc) is 2.32. The van der Waals surface area contributed by atoms with Crippen molar-refractivity contribution in [2.75, 3.05) is 38.8 Å². The number of nitrogens with one attached hydrogen (secondary N) is 1. The highest BCUT2D eigenvalue weighted by atomic mass is 35.5. The van der Waals surface area contributed by atoms with Crippen molar-refractivity contribution in [2.45, 2.75) is 26.2 Å². The maximum atomic E-state index is 6.00. The number of methoxy groups -OCH3 is 1. The Bertz CT molecular complexity index is 394. The molecule has 0 saturated heterocycles. The second kappa shape index (κ2) is 7.62. The van der Waals surface area contributed by atoms with Crippen LogP contribution in [0.25, 0.3) is 0 Å². The summed E-state index contributed by atoms with van der Waals surface area (Å²) in [7, 11) is 1.65. The van der Waals surface area contributed by atoms with Crippen LogP contribution >= 0.6 is 11.6 Å². The summed E-state index contributed by atoms with van der Waals surface area (Å²) in [5, 5.41) is 3.62. The Morgan fingerprint density at radius 1 is 1.21 bits per heavy atom. The van der Waals surface area contributed by atoms with Crippen LogP contribution in [-0.4, -0.2) is 43.4 Å². The minimum atomic E-state index is -0.129. The minimum Gasteiger partial charge on any atom is -0.382 e. The Kier molecular flexibility index (Phi) is 6.48. The van der Waals surface area contributed by atoms with Gasteiger partial charge in [-0.25, -0.2) is 9.97 Å². The fourth-order valence-corrected chi connectivity index (χ4v) is 1.52. The lowest BCUT2D eigenvalue weighted by Gasteiger charge is -2.17. The molecule has 1 rings (SSSR count). The van der Waals surface area contributed by atoms with Crippen molar-refractivity contribution in [1.29, 1.82) is 0 Å². The molecule has 1 aromatic rings. The summed E-state index contributed by atoms with van der Waals surface area (Å²) in [6, 6.07) is 1.71.